The molecule has 0 bridgehead atoms. The summed E-state index contributed by atoms with van der Waals surface area (Å²) in [5, 5.41) is 0. The van der Waals surface area contributed by atoms with Gasteiger partial charge in [-0.3, -0.25) is 0 Å². The fourth-order valence-electron chi connectivity index (χ4n) is 0.933. The number of aliphatic imine (C=N–C) groups is 1. The Kier molecular flexibility index (Phi) is 1.92. The van der Waals surface area contributed by atoms with Crippen LogP contribution in [0.5, 0.6) is 0 Å². The molecule has 52 valence electrons. The third kappa shape index (κ3) is 1.15. The number of nitrogens with zero attached hydrogens (tertiary/aromatic N) is 2. The Bertz CT molecular complexity index is 122. The maximum atomic E-state index is 5.18. The Balaban J connectivity index is 2.52. The van der Waals surface area contributed by atoms with E-state index < -0.39 is 0 Å². The highest BCUT2D eigenvalue weighted by molar-refractivity contribution is 5.75. The van der Waals surface area contributed by atoms with Crippen LogP contribution in [-0.2, 0) is 4.74 Å². The van der Waals surface area contributed by atoms with Crippen molar-refractivity contribution in [2.75, 3.05) is 26.7 Å². The van der Waals surface area contributed by atoms with Crippen molar-refractivity contribution in [2.45, 2.75) is 6.92 Å². The first-order valence-electron chi connectivity index (χ1n) is 3.23. The monoisotopic (exact) mass is 128 g/mol. The Morgan fingerprint density at radius 1 is 1.78 bits per heavy atom. The molecule has 0 saturated carbocycles. The van der Waals surface area contributed by atoms with Crippen LogP contribution in [0.2, 0.25) is 0 Å². The molecule has 3 heteroatoms. The van der Waals surface area contributed by atoms with E-state index in [1.807, 2.05) is 0 Å². The molecular weight excluding hydrogens is 116 g/mol. The predicted octanol–water partition coefficient (Wildman–Crippen LogP) is 0.324. The van der Waals surface area contributed by atoms with Crippen molar-refractivity contribution in [3.05, 3.63) is 0 Å². The number of likely N-dealkylation sites (N-methyl/N-ethyl adjacent to an activating group) is 1. The lowest BCUT2D eigenvalue weighted by Crippen LogP contribution is -2.24. The van der Waals surface area contributed by atoms with Gasteiger partial charge in [0.1, 0.15) is 6.61 Å². The molecule has 1 fully saturated rings. The van der Waals surface area contributed by atoms with Crippen molar-refractivity contribution in [2.24, 2.45) is 4.99 Å². The van der Waals surface area contributed by atoms with Crippen molar-refractivity contribution in [1.82, 2.24) is 4.90 Å². The SMILES string of the molecule is CCN1CCO/C1=N\C. The molecule has 1 saturated heterocycles. The highest BCUT2D eigenvalue weighted by Crippen LogP contribution is 2.01. The molecule has 0 aromatic heterocycles. The minimum atomic E-state index is 0.789. The Labute approximate surface area is 55.3 Å². The number of hydrogen-bond donors (Lipinski definition) is 0. The summed E-state index contributed by atoms with van der Waals surface area (Å²) in [6.07, 6.45) is 0. The zero-order valence-electron chi connectivity index (χ0n) is 5.92. The van der Waals surface area contributed by atoms with E-state index in [0.29, 0.717) is 0 Å². The van der Waals surface area contributed by atoms with E-state index in [9.17, 15) is 0 Å². The van der Waals surface area contributed by atoms with E-state index in [-0.39, 0.29) is 0 Å². The second-order valence-corrected chi connectivity index (χ2v) is 1.93. The molecule has 0 unspecified atom stereocenters. The van der Waals surface area contributed by atoms with E-state index >= 15 is 0 Å². The average molecular weight is 128 g/mol. The fourth-order valence-corrected chi connectivity index (χ4v) is 0.933. The Hall–Kier alpha value is -0.730. The summed E-state index contributed by atoms with van der Waals surface area (Å²) in [5.41, 5.74) is 0. The largest absolute Gasteiger partial charge is 0.463 e. The fraction of sp³-hybridized carbons (Fsp3) is 0.833. The van der Waals surface area contributed by atoms with Gasteiger partial charge in [0.2, 0.25) is 0 Å². The Morgan fingerprint density at radius 3 is 3.00 bits per heavy atom. The van der Waals surface area contributed by atoms with Crippen molar-refractivity contribution in [3.63, 3.8) is 0 Å². The predicted molar refractivity (Wildman–Crippen MR) is 36.6 cm³/mol. The summed E-state index contributed by atoms with van der Waals surface area (Å²) < 4.78 is 5.18. The topological polar surface area (TPSA) is 24.8 Å². The minimum Gasteiger partial charge on any atom is -0.463 e. The van der Waals surface area contributed by atoms with E-state index in [2.05, 4.69) is 16.8 Å². The van der Waals surface area contributed by atoms with Crippen LogP contribution in [0.15, 0.2) is 4.99 Å². The van der Waals surface area contributed by atoms with Crippen LogP contribution in [0.1, 0.15) is 6.92 Å². The van der Waals surface area contributed by atoms with Gasteiger partial charge >= 0.3 is 0 Å². The molecule has 0 N–H and O–H groups in total. The molecule has 0 aromatic rings. The van der Waals surface area contributed by atoms with Gasteiger partial charge in [-0.15, -0.1) is 0 Å². The van der Waals surface area contributed by atoms with Gasteiger partial charge in [-0.2, -0.15) is 0 Å². The molecule has 1 aliphatic heterocycles. The van der Waals surface area contributed by atoms with Gasteiger partial charge in [-0.05, 0) is 6.92 Å². The van der Waals surface area contributed by atoms with Crippen LogP contribution in [0.25, 0.3) is 0 Å². The van der Waals surface area contributed by atoms with Crippen molar-refractivity contribution in [3.8, 4) is 0 Å². The van der Waals surface area contributed by atoms with E-state index in [1.165, 1.54) is 0 Å². The van der Waals surface area contributed by atoms with E-state index in [1.54, 1.807) is 7.05 Å². The van der Waals surface area contributed by atoms with Crippen LogP contribution in [0.3, 0.4) is 0 Å². The lowest BCUT2D eigenvalue weighted by molar-refractivity contribution is 0.351. The van der Waals surface area contributed by atoms with Crippen molar-refractivity contribution >= 4 is 6.02 Å². The molecule has 0 amide bonds. The molecule has 3 nitrogen and oxygen atoms in total. The van der Waals surface area contributed by atoms with Crippen LogP contribution < -0.4 is 0 Å². The molecule has 0 radical (unpaired) electrons. The zero-order valence-corrected chi connectivity index (χ0v) is 5.92. The molecule has 1 heterocycles. The number of amidine groups is 1. The first kappa shape index (κ1) is 6.39. The maximum absolute atomic E-state index is 5.18. The molecule has 1 rings (SSSR count). The lowest BCUT2D eigenvalue weighted by atomic mass is 10.6. The average Bonchev–Trinajstić information content (AvgIpc) is 2.33. The summed E-state index contributed by atoms with van der Waals surface area (Å²) in [5.74, 6) is 0. The number of hydrogen-bond acceptors (Lipinski definition) is 2. The summed E-state index contributed by atoms with van der Waals surface area (Å²) in [4.78, 5) is 6.07. The summed E-state index contributed by atoms with van der Waals surface area (Å²) in [6.45, 7) is 4.87. The van der Waals surface area contributed by atoms with Crippen molar-refractivity contribution in [1.29, 1.82) is 0 Å². The Morgan fingerprint density at radius 2 is 2.56 bits per heavy atom. The molecular formula is C6H12N2O. The molecule has 0 aromatic carbocycles. The van der Waals surface area contributed by atoms with Crippen LogP contribution in [0, 0.1) is 0 Å². The van der Waals surface area contributed by atoms with Gasteiger partial charge in [0.05, 0.1) is 6.54 Å². The van der Waals surface area contributed by atoms with Gasteiger partial charge in [0.25, 0.3) is 6.02 Å². The molecule has 0 atom stereocenters. The van der Waals surface area contributed by atoms with Gasteiger partial charge in [0, 0.05) is 13.6 Å². The van der Waals surface area contributed by atoms with Crippen molar-refractivity contribution < 1.29 is 4.74 Å². The molecule has 9 heavy (non-hydrogen) atoms. The van der Waals surface area contributed by atoms with Gasteiger partial charge in [-0.1, -0.05) is 0 Å². The third-order valence-corrected chi connectivity index (χ3v) is 1.44. The van der Waals surface area contributed by atoms with E-state index in [0.717, 1.165) is 25.7 Å². The second kappa shape index (κ2) is 2.71. The zero-order chi connectivity index (χ0) is 6.69. The summed E-state index contributed by atoms with van der Waals surface area (Å²) in [6, 6.07) is 0.789. The first-order valence-corrected chi connectivity index (χ1v) is 3.23. The normalized spacial score (nSPS) is 22.9. The van der Waals surface area contributed by atoms with E-state index in [4.69, 9.17) is 4.74 Å². The summed E-state index contributed by atoms with van der Waals surface area (Å²) in [7, 11) is 1.75. The van der Waals surface area contributed by atoms with Gasteiger partial charge in [0.15, 0.2) is 0 Å². The van der Waals surface area contributed by atoms with Crippen LogP contribution in [0.4, 0.5) is 0 Å². The van der Waals surface area contributed by atoms with Crippen LogP contribution >= 0.6 is 0 Å². The highest BCUT2D eigenvalue weighted by atomic mass is 16.5. The molecule has 0 aliphatic carbocycles. The second-order valence-electron chi connectivity index (χ2n) is 1.93. The summed E-state index contributed by atoms with van der Waals surface area (Å²) >= 11 is 0. The standard InChI is InChI=1S/C6H12N2O/c1-3-8-4-5-9-6(8)7-2/h3-5H2,1-2H3/b7-6-. The molecule has 1 aliphatic rings. The quantitative estimate of drug-likeness (QED) is 0.508. The number of rotatable bonds is 1. The van der Waals surface area contributed by atoms with Crippen LogP contribution in [-0.4, -0.2) is 37.7 Å². The van der Waals surface area contributed by atoms with Gasteiger partial charge in [-0.25, -0.2) is 4.99 Å². The van der Waals surface area contributed by atoms with Gasteiger partial charge < -0.3 is 9.64 Å². The molecule has 0 spiro atoms. The smallest absolute Gasteiger partial charge is 0.287 e. The minimum absolute atomic E-state index is 0.789. The first-order chi connectivity index (χ1) is 4.38. The lowest BCUT2D eigenvalue weighted by Gasteiger charge is -2.10. The maximum Gasteiger partial charge on any atom is 0.287 e. The number of ether oxygens (including phenoxy) is 1. The highest BCUT2D eigenvalue weighted by Gasteiger charge is 2.16. The third-order valence-electron chi connectivity index (χ3n) is 1.44.